The van der Waals surface area contributed by atoms with Crippen molar-refractivity contribution >= 4 is 29.9 Å². The van der Waals surface area contributed by atoms with Crippen molar-refractivity contribution in [2.75, 3.05) is 35.4 Å². The van der Waals surface area contributed by atoms with E-state index in [0.29, 0.717) is 22.9 Å². The number of fused-ring (bicyclic) bond motifs is 1. The summed E-state index contributed by atoms with van der Waals surface area (Å²) in [6, 6.07) is 2.52. The molecule has 2 aliphatic rings. The summed E-state index contributed by atoms with van der Waals surface area (Å²) in [7, 11) is 7.27. The number of methoxy groups -OCH3 is 3. The molecule has 0 saturated carbocycles. The average Bonchev–Trinajstić information content (AvgIpc) is 2.74. The maximum absolute atomic E-state index is 12.9. The molecule has 0 aliphatic carbocycles. The molecule has 1 aromatic carbocycles. The van der Waals surface area contributed by atoms with Gasteiger partial charge in [-0.05, 0) is 18.2 Å². The van der Waals surface area contributed by atoms with Gasteiger partial charge >= 0.3 is 11.9 Å². The van der Waals surface area contributed by atoms with Crippen LogP contribution in [0.25, 0.3) is 0 Å². The minimum Gasteiger partial charge on any atom is -0.493 e. The fraction of sp³-hybridized carbons (Fsp3) is 0.316. The van der Waals surface area contributed by atoms with Gasteiger partial charge in [0, 0.05) is 11.3 Å². The van der Waals surface area contributed by atoms with Gasteiger partial charge in [0.15, 0.2) is 17.4 Å². The lowest BCUT2D eigenvalue weighted by Gasteiger charge is -2.26. The Labute approximate surface area is 167 Å². The van der Waals surface area contributed by atoms with Crippen LogP contribution in [0.3, 0.4) is 0 Å². The number of amidine groups is 1. The van der Waals surface area contributed by atoms with Gasteiger partial charge in [0.25, 0.3) is 11.7 Å². The fourth-order valence-electron chi connectivity index (χ4n) is 3.17. The molecule has 1 aromatic rings. The number of dihydropyridines is 1. The summed E-state index contributed by atoms with van der Waals surface area (Å²) in [5, 5.41) is 2.73. The molecule has 4 amide bonds. The van der Waals surface area contributed by atoms with E-state index in [1.807, 2.05) is 0 Å². The van der Waals surface area contributed by atoms with E-state index < -0.39 is 23.8 Å². The van der Waals surface area contributed by atoms with Crippen LogP contribution in [0.1, 0.15) is 10.4 Å². The number of ether oxygens (including phenoxy) is 3. The van der Waals surface area contributed by atoms with Gasteiger partial charge in [-0.15, -0.1) is 4.99 Å². The fourth-order valence-corrected chi connectivity index (χ4v) is 3.17. The Hall–Kier alpha value is -3.69. The summed E-state index contributed by atoms with van der Waals surface area (Å²) in [6.07, 6.45) is 2.96. The normalized spacial score (nSPS) is 18.3. The zero-order chi connectivity index (χ0) is 21.3. The average molecular weight is 401 g/mol. The number of nitrogens with zero attached hydrogens (tertiary/aromatic N) is 3. The van der Waals surface area contributed by atoms with Crippen molar-refractivity contribution in [3.63, 3.8) is 0 Å². The third-order valence-corrected chi connectivity index (χ3v) is 4.71. The summed E-state index contributed by atoms with van der Waals surface area (Å²) in [4.78, 5) is 42.8. The highest BCUT2D eigenvalue weighted by Crippen LogP contribution is 2.38. The highest BCUT2D eigenvalue weighted by molar-refractivity contribution is 6.16. The van der Waals surface area contributed by atoms with E-state index in [9.17, 15) is 14.4 Å². The van der Waals surface area contributed by atoms with Crippen LogP contribution in [0.5, 0.6) is 17.2 Å². The van der Waals surface area contributed by atoms with Gasteiger partial charge in [-0.2, -0.15) is 9.48 Å². The van der Waals surface area contributed by atoms with Crippen molar-refractivity contribution in [1.82, 2.24) is 10.2 Å². The van der Waals surface area contributed by atoms with E-state index >= 15 is 0 Å². The highest BCUT2D eigenvalue weighted by Gasteiger charge is 2.47. The van der Waals surface area contributed by atoms with Crippen LogP contribution in [0.2, 0.25) is 0 Å². The Kier molecular flexibility index (Phi) is 5.35. The lowest BCUT2D eigenvalue weighted by Crippen LogP contribution is -2.54. The molecule has 2 aliphatic heterocycles. The Morgan fingerprint density at radius 3 is 2.31 bits per heavy atom. The van der Waals surface area contributed by atoms with Crippen LogP contribution in [-0.4, -0.2) is 74.8 Å². The summed E-state index contributed by atoms with van der Waals surface area (Å²) in [5.41, 5.74) is 0.551. The van der Waals surface area contributed by atoms with E-state index in [1.165, 1.54) is 64.4 Å². The van der Waals surface area contributed by atoms with Gasteiger partial charge in [0.2, 0.25) is 5.75 Å². The predicted octanol–water partition coefficient (Wildman–Crippen LogP) is 0.660. The van der Waals surface area contributed by atoms with Crippen LogP contribution in [0, 0.1) is 5.92 Å². The molecule has 3 rings (SSSR count). The van der Waals surface area contributed by atoms with Crippen LogP contribution in [-0.2, 0) is 4.79 Å². The highest BCUT2D eigenvalue weighted by atomic mass is 16.5. The van der Waals surface area contributed by atoms with Crippen LogP contribution in [0.15, 0.2) is 28.9 Å². The summed E-state index contributed by atoms with van der Waals surface area (Å²) in [6.45, 7) is 0. The monoisotopic (exact) mass is 401 g/mol. The second kappa shape index (κ2) is 7.74. The van der Waals surface area contributed by atoms with Crippen molar-refractivity contribution in [2.45, 2.75) is 0 Å². The number of benzene rings is 1. The number of nitrogens with one attached hydrogen (secondary N) is 1. The van der Waals surface area contributed by atoms with Crippen molar-refractivity contribution < 1.29 is 33.2 Å². The number of amides is 4. The minimum atomic E-state index is -0.890. The topological polar surface area (TPSA) is 110 Å². The Balaban J connectivity index is 1.95. The first-order valence-corrected chi connectivity index (χ1v) is 8.61. The molecule has 0 fully saturated rings. The number of carbonyl (C=O) groups is 3. The molecule has 2 heterocycles. The number of hydrogen-bond donors (Lipinski definition) is 1. The summed E-state index contributed by atoms with van der Waals surface area (Å²) >= 11 is 0. The molecule has 29 heavy (non-hydrogen) atoms. The van der Waals surface area contributed by atoms with Gasteiger partial charge in [-0.25, -0.2) is 4.79 Å². The summed E-state index contributed by atoms with van der Waals surface area (Å²) < 4.78 is 17.1. The molecule has 10 nitrogen and oxygen atoms in total. The van der Waals surface area contributed by atoms with E-state index in [0.717, 1.165) is 4.90 Å². The Morgan fingerprint density at radius 2 is 1.76 bits per heavy atom. The maximum Gasteiger partial charge on any atom is 0.445 e. The number of allylic oxidation sites excluding steroid dienone is 1. The quantitative estimate of drug-likeness (QED) is 0.726. The Morgan fingerprint density at radius 1 is 1.14 bits per heavy atom. The maximum atomic E-state index is 12.9. The molecule has 0 bridgehead atoms. The molecule has 0 saturated heterocycles. The molecule has 1 N–H and O–H groups in total. The van der Waals surface area contributed by atoms with E-state index in [2.05, 4.69) is 10.3 Å². The molecule has 152 valence electrons. The first-order valence-electron chi connectivity index (χ1n) is 8.61. The van der Waals surface area contributed by atoms with E-state index in [-0.39, 0.29) is 11.4 Å². The number of urea groups is 1. The second-order valence-electron chi connectivity index (χ2n) is 6.30. The standard InChI is InChI=1S/C19H20N4O6/c1-22-16-14(18(25)23(2)19(22)26)11(6-7-20-16)21-17(24)10-8-12(27-3)15(29-5)13(9-10)28-4/h6-9,14H,1-5H3/p+1. The molecular weight excluding hydrogens is 380 g/mol. The zero-order valence-electron chi connectivity index (χ0n) is 16.7. The van der Waals surface area contributed by atoms with Crippen molar-refractivity contribution in [3.05, 3.63) is 29.5 Å². The molecule has 0 radical (unpaired) electrons. The van der Waals surface area contributed by atoms with E-state index in [1.54, 1.807) is 0 Å². The largest absolute Gasteiger partial charge is 0.493 e. The lowest BCUT2D eigenvalue weighted by atomic mass is 9.97. The van der Waals surface area contributed by atoms with Crippen LogP contribution >= 0.6 is 0 Å². The molecular formula is C19H21N4O6+. The molecule has 1 atom stereocenters. The Bertz CT molecular complexity index is 969. The number of rotatable bonds is 5. The lowest BCUT2D eigenvalue weighted by molar-refractivity contribution is -0.407. The van der Waals surface area contributed by atoms with Crippen LogP contribution in [0.4, 0.5) is 4.79 Å². The minimum absolute atomic E-state index is 0.241. The van der Waals surface area contributed by atoms with Crippen molar-refractivity contribution in [2.24, 2.45) is 10.9 Å². The second-order valence-corrected chi connectivity index (χ2v) is 6.30. The predicted molar refractivity (Wildman–Crippen MR) is 103 cm³/mol. The molecule has 0 aromatic heterocycles. The number of aliphatic imine (C=N–C) groups is 1. The molecule has 10 heteroatoms. The van der Waals surface area contributed by atoms with E-state index in [4.69, 9.17) is 14.2 Å². The first-order chi connectivity index (χ1) is 13.8. The SMILES string of the molecule is COc1cc(C(=O)NC2=CC=NC3=[N+](C)C(=O)N(C)C(=O)C23)cc(OC)c1OC. The van der Waals surface area contributed by atoms with Crippen molar-refractivity contribution in [1.29, 1.82) is 0 Å². The number of carbonyl (C=O) groups excluding carboxylic acids is 3. The summed E-state index contributed by atoms with van der Waals surface area (Å²) in [5.74, 6) is -0.601. The van der Waals surface area contributed by atoms with Gasteiger partial charge < -0.3 is 19.5 Å². The van der Waals surface area contributed by atoms with Gasteiger partial charge in [0.05, 0.1) is 35.4 Å². The zero-order valence-corrected chi connectivity index (χ0v) is 16.7. The molecule has 0 spiro atoms. The van der Waals surface area contributed by atoms with Crippen molar-refractivity contribution in [3.8, 4) is 17.2 Å². The molecule has 1 unspecified atom stereocenters. The number of imide groups is 1. The smallest absolute Gasteiger partial charge is 0.445 e. The van der Waals surface area contributed by atoms with Crippen LogP contribution < -0.4 is 19.5 Å². The third kappa shape index (κ3) is 3.33. The van der Waals surface area contributed by atoms with Gasteiger partial charge in [-0.1, -0.05) is 0 Å². The first kappa shape index (κ1) is 20.1. The van der Waals surface area contributed by atoms with Gasteiger partial charge in [0.1, 0.15) is 6.21 Å². The number of hydrogen-bond acceptors (Lipinski definition) is 7. The third-order valence-electron chi connectivity index (χ3n) is 4.71. The van der Waals surface area contributed by atoms with Gasteiger partial charge in [-0.3, -0.25) is 9.59 Å².